The van der Waals surface area contributed by atoms with Gasteiger partial charge in [0.2, 0.25) is 0 Å². The smallest absolute Gasteiger partial charge is 0.119 e. The van der Waals surface area contributed by atoms with E-state index in [2.05, 4.69) is 11.0 Å². The monoisotopic (exact) mass is 288 g/mol. The van der Waals surface area contributed by atoms with Crippen molar-refractivity contribution in [2.45, 2.75) is 51.1 Å². The van der Waals surface area contributed by atoms with Gasteiger partial charge in [-0.05, 0) is 55.8 Å². The number of fused-ring (bicyclic) bond motifs is 1. The molecule has 1 aromatic carbocycles. The van der Waals surface area contributed by atoms with E-state index in [0.717, 1.165) is 36.4 Å². The molecule has 0 bridgehead atoms. The van der Waals surface area contributed by atoms with Crippen LogP contribution in [0.15, 0.2) is 24.3 Å². The highest BCUT2D eigenvalue weighted by Crippen LogP contribution is 2.34. The highest BCUT2D eigenvalue weighted by molar-refractivity contribution is 5.28. The van der Waals surface area contributed by atoms with Gasteiger partial charge in [-0.2, -0.15) is 0 Å². The number of benzene rings is 1. The first kappa shape index (κ1) is 14.9. The van der Waals surface area contributed by atoms with E-state index in [4.69, 9.17) is 10.5 Å². The number of hydrogen-bond donors (Lipinski definition) is 1. The third-order valence-electron chi connectivity index (χ3n) is 5.14. The van der Waals surface area contributed by atoms with Crippen molar-refractivity contribution in [3.63, 3.8) is 0 Å². The molecule has 1 aliphatic heterocycles. The maximum atomic E-state index is 5.93. The SMILES string of the molecule is NCc1cccc(OCCN2CCCC3CCCCC32)c1. The van der Waals surface area contributed by atoms with E-state index in [1.807, 2.05) is 18.2 Å². The summed E-state index contributed by atoms with van der Waals surface area (Å²) in [4.78, 5) is 2.68. The Bertz CT molecular complexity index is 447. The minimum atomic E-state index is 0.576. The summed E-state index contributed by atoms with van der Waals surface area (Å²) in [6.45, 7) is 3.69. The molecular formula is C18H28N2O. The fraction of sp³-hybridized carbons (Fsp3) is 0.667. The molecule has 0 aromatic heterocycles. The Morgan fingerprint density at radius 1 is 1.14 bits per heavy atom. The minimum absolute atomic E-state index is 0.576. The van der Waals surface area contributed by atoms with Crippen LogP contribution in [0.1, 0.15) is 44.1 Å². The number of nitrogens with zero attached hydrogens (tertiary/aromatic N) is 1. The molecule has 1 aromatic rings. The third kappa shape index (κ3) is 3.78. The van der Waals surface area contributed by atoms with Gasteiger partial charge in [-0.3, -0.25) is 4.90 Å². The summed E-state index contributed by atoms with van der Waals surface area (Å²) in [5, 5.41) is 0. The fourth-order valence-electron chi connectivity index (χ4n) is 4.05. The van der Waals surface area contributed by atoms with Gasteiger partial charge in [0.25, 0.3) is 0 Å². The zero-order valence-electron chi connectivity index (χ0n) is 13.0. The lowest BCUT2D eigenvalue weighted by molar-refractivity contribution is 0.0501. The number of nitrogens with two attached hydrogens (primary N) is 1. The van der Waals surface area contributed by atoms with Crippen molar-refractivity contribution in [2.75, 3.05) is 19.7 Å². The zero-order valence-corrected chi connectivity index (χ0v) is 13.0. The number of hydrogen-bond acceptors (Lipinski definition) is 3. The molecule has 1 heterocycles. The first-order valence-corrected chi connectivity index (χ1v) is 8.52. The maximum Gasteiger partial charge on any atom is 0.119 e. The van der Waals surface area contributed by atoms with Crippen LogP contribution in [0.25, 0.3) is 0 Å². The Morgan fingerprint density at radius 3 is 2.90 bits per heavy atom. The normalized spacial score (nSPS) is 26.3. The molecule has 2 fully saturated rings. The number of rotatable bonds is 5. The fourth-order valence-corrected chi connectivity index (χ4v) is 4.05. The summed E-state index contributed by atoms with van der Waals surface area (Å²) in [6.07, 6.45) is 8.51. The second-order valence-corrected chi connectivity index (χ2v) is 6.49. The Labute approximate surface area is 128 Å². The van der Waals surface area contributed by atoms with Gasteiger partial charge < -0.3 is 10.5 Å². The molecule has 21 heavy (non-hydrogen) atoms. The second-order valence-electron chi connectivity index (χ2n) is 6.49. The number of likely N-dealkylation sites (tertiary alicyclic amines) is 1. The summed E-state index contributed by atoms with van der Waals surface area (Å²) >= 11 is 0. The molecule has 0 amide bonds. The van der Waals surface area contributed by atoms with Gasteiger partial charge in [-0.25, -0.2) is 0 Å². The zero-order chi connectivity index (χ0) is 14.5. The minimum Gasteiger partial charge on any atom is -0.492 e. The highest BCUT2D eigenvalue weighted by atomic mass is 16.5. The summed E-state index contributed by atoms with van der Waals surface area (Å²) in [6, 6.07) is 8.98. The van der Waals surface area contributed by atoms with Crippen molar-refractivity contribution >= 4 is 0 Å². The molecule has 2 aliphatic rings. The highest BCUT2D eigenvalue weighted by Gasteiger charge is 2.32. The Morgan fingerprint density at radius 2 is 2.00 bits per heavy atom. The summed E-state index contributed by atoms with van der Waals surface area (Å²) in [5.74, 6) is 1.91. The van der Waals surface area contributed by atoms with Crippen molar-refractivity contribution in [1.82, 2.24) is 4.90 Å². The van der Waals surface area contributed by atoms with Gasteiger partial charge in [0, 0.05) is 19.1 Å². The lowest BCUT2D eigenvalue weighted by atomic mass is 9.78. The predicted octanol–water partition coefficient (Wildman–Crippen LogP) is 3.18. The van der Waals surface area contributed by atoms with Crippen LogP contribution >= 0.6 is 0 Å². The number of piperidine rings is 1. The van der Waals surface area contributed by atoms with E-state index < -0.39 is 0 Å². The van der Waals surface area contributed by atoms with Gasteiger partial charge >= 0.3 is 0 Å². The molecule has 3 rings (SSSR count). The summed E-state index contributed by atoms with van der Waals surface area (Å²) in [5.41, 5.74) is 6.81. The first-order chi connectivity index (χ1) is 10.4. The van der Waals surface area contributed by atoms with Gasteiger partial charge in [0.05, 0.1) is 0 Å². The first-order valence-electron chi connectivity index (χ1n) is 8.52. The van der Waals surface area contributed by atoms with E-state index in [0.29, 0.717) is 6.54 Å². The number of ether oxygens (including phenoxy) is 1. The average Bonchev–Trinajstić information content (AvgIpc) is 2.55. The Balaban J connectivity index is 1.49. The van der Waals surface area contributed by atoms with E-state index in [1.54, 1.807) is 0 Å². The lowest BCUT2D eigenvalue weighted by Gasteiger charge is -2.44. The Kier molecular flexibility index (Phi) is 5.15. The van der Waals surface area contributed by atoms with Crippen LogP contribution in [0.2, 0.25) is 0 Å². The predicted molar refractivity (Wildman–Crippen MR) is 86.4 cm³/mol. The van der Waals surface area contributed by atoms with Gasteiger partial charge in [0.1, 0.15) is 12.4 Å². The van der Waals surface area contributed by atoms with Crippen LogP contribution in [0.4, 0.5) is 0 Å². The van der Waals surface area contributed by atoms with Crippen LogP contribution in [0.5, 0.6) is 5.75 Å². The van der Waals surface area contributed by atoms with Crippen molar-refractivity contribution in [3.05, 3.63) is 29.8 Å². The van der Waals surface area contributed by atoms with Gasteiger partial charge in [0.15, 0.2) is 0 Å². The molecule has 3 heteroatoms. The van der Waals surface area contributed by atoms with Crippen LogP contribution in [-0.2, 0) is 6.54 Å². The van der Waals surface area contributed by atoms with E-state index in [-0.39, 0.29) is 0 Å². The van der Waals surface area contributed by atoms with Crippen LogP contribution in [-0.4, -0.2) is 30.6 Å². The van der Waals surface area contributed by atoms with Crippen LogP contribution in [0.3, 0.4) is 0 Å². The molecular weight excluding hydrogens is 260 g/mol. The summed E-state index contributed by atoms with van der Waals surface area (Å²) in [7, 11) is 0. The van der Waals surface area contributed by atoms with Crippen LogP contribution < -0.4 is 10.5 Å². The van der Waals surface area contributed by atoms with Gasteiger partial charge in [-0.15, -0.1) is 0 Å². The molecule has 3 nitrogen and oxygen atoms in total. The van der Waals surface area contributed by atoms with E-state index in [1.165, 1.54) is 45.1 Å². The molecule has 1 aliphatic carbocycles. The molecule has 2 N–H and O–H groups in total. The second kappa shape index (κ2) is 7.28. The largest absolute Gasteiger partial charge is 0.492 e. The van der Waals surface area contributed by atoms with Crippen molar-refractivity contribution in [3.8, 4) is 5.75 Å². The van der Waals surface area contributed by atoms with Crippen molar-refractivity contribution in [1.29, 1.82) is 0 Å². The average molecular weight is 288 g/mol. The van der Waals surface area contributed by atoms with Crippen LogP contribution in [0, 0.1) is 5.92 Å². The van der Waals surface area contributed by atoms with Crippen molar-refractivity contribution < 1.29 is 4.74 Å². The molecule has 2 atom stereocenters. The standard InChI is InChI=1S/C18H28N2O/c19-14-15-5-3-8-17(13-15)21-12-11-20-10-4-7-16-6-1-2-9-18(16)20/h3,5,8,13,16,18H,1-2,4,6-7,9-12,14,19H2. The molecule has 116 valence electrons. The molecule has 0 spiro atoms. The van der Waals surface area contributed by atoms with E-state index in [9.17, 15) is 0 Å². The summed E-state index contributed by atoms with van der Waals surface area (Å²) < 4.78 is 5.93. The maximum absolute atomic E-state index is 5.93. The molecule has 1 saturated heterocycles. The Hall–Kier alpha value is -1.06. The van der Waals surface area contributed by atoms with E-state index >= 15 is 0 Å². The molecule has 2 unspecified atom stereocenters. The molecule has 1 saturated carbocycles. The van der Waals surface area contributed by atoms with Gasteiger partial charge in [-0.1, -0.05) is 25.0 Å². The topological polar surface area (TPSA) is 38.5 Å². The van der Waals surface area contributed by atoms with Crippen molar-refractivity contribution in [2.24, 2.45) is 11.7 Å². The third-order valence-corrected chi connectivity index (χ3v) is 5.14. The molecule has 0 radical (unpaired) electrons. The quantitative estimate of drug-likeness (QED) is 0.904. The lowest BCUT2D eigenvalue weighted by Crippen LogP contribution is -2.48.